The van der Waals surface area contributed by atoms with Gasteiger partial charge in [-0.3, -0.25) is 10.1 Å². The van der Waals surface area contributed by atoms with Crippen LogP contribution in [0.5, 0.6) is 0 Å². The highest BCUT2D eigenvalue weighted by molar-refractivity contribution is 6.00. The zero-order valence-corrected chi connectivity index (χ0v) is 13.7. The molecule has 3 rings (SSSR count). The minimum atomic E-state index is -0.971. The molecule has 2 aromatic rings. The zero-order valence-electron chi connectivity index (χ0n) is 13.7. The predicted molar refractivity (Wildman–Crippen MR) is 91.6 cm³/mol. The van der Waals surface area contributed by atoms with Gasteiger partial charge in [-0.25, -0.2) is 4.79 Å². The van der Waals surface area contributed by atoms with Gasteiger partial charge in [0.2, 0.25) is 5.91 Å². The Kier molecular flexibility index (Phi) is 4.65. The van der Waals surface area contributed by atoms with Crippen LogP contribution in [0.3, 0.4) is 0 Å². The lowest BCUT2D eigenvalue weighted by Crippen LogP contribution is -2.46. The molecule has 1 aliphatic carbocycles. The number of ether oxygens (including phenoxy) is 1. The number of hydrogen-bond acceptors (Lipinski definition) is 3. The standard InChI is InChI=1S/C20H21NO3/c1-20(16-8-4-2-5-9-16,17-10-6-3-7-11-17)18(22)21-19(23)24-14-15-12-13-15/h2-11,15H,12-14H2,1H3,(H,21,22,23). The largest absolute Gasteiger partial charge is 0.449 e. The number of benzene rings is 2. The summed E-state index contributed by atoms with van der Waals surface area (Å²) in [5, 5.41) is 2.40. The molecule has 0 spiro atoms. The molecule has 0 radical (unpaired) electrons. The number of hydrogen-bond donors (Lipinski definition) is 1. The van der Waals surface area contributed by atoms with Gasteiger partial charge in [-0.1, -0.05) is 60.7 Å². The number of carbonyl (C=O) groups excluding carboxylic acids is 2. The van der Waals surface area contributed by atoms with Crippen LogP contribution in [0.4, 0.5) is 4.79 Å². The maximum atomic E-state index is 12.9. The Hall–Kier alpha value is -2.62. The van der Waals surface area contributed by atoms with E-state index in [1.54, 1.807) is 0 Å². The third-order valence-electron chi connectivity index (χ3n) is 4.52. The van der Waals surface area contributed by atoms with Crippen molar-refractivity contribution >= 4 is 12.0 Å². The van der Waals surface area contributed by atoms with Crippen LogP contribution in [-0.4, -0.2) is 18.6 Å². The molecule has 124 valence electrons. The van der Waals surface area contributed by atoms with E-state index in [0.717, 1.165) is 24.0 Å². The van der Waals surface area contributed by atoms with Gasteiger partial charge < -0.3 is 4.74 Å². The van der Waals surface area contributed by atoms with Crippen molar-refractivity contribution in [1.29, 1.82) is 0 Å². The summed E-state index contributed by atoms with van der Waals surface area (Å²) >= 11 is 0. The highest BCUT2D eigenvalue weighted by Gasteiger charge is 2.38. The number of carbonyl (C=O) groups is 2. The molecule has 1 N–H and O–H groups in total. The van der Waals surface area contributed by atoms with Crippen LogP contribution in [0.15, 0.2) is 60.7 Å². The molecule has 4 heteroatoms. The lowest BCUT2D eigenvalue weighted by molar-refractivity contribution is -0.124. The maximum Gasteiger partial charge on any atom is 0.413 e. The second-order valence-corrected chi connectivity index (χ2v) is 6.35. The fraction of sp³-hybridized carbons (Fsp3) is 0.300. The number of imide groups is 1. The Morgan fingerprint density at radius 2 is 1.50 bits per heavy atom. The molecular formula is C20H21NO3. The molecule has 0 atom stereocenters. The summed E-state index contributed by atoms with van der Waals surface area (Å²) in [6.07, 6.45) is 1.50. The van der Waals surface area contributed by atoms with Crippen LogP contribution in [0, 0.1) is 5.92 Å². The highest BCUT2D eigenvalue weighted by Crippen LogP contribution is 2.32. The molecule has 1 fully saturated rings. The van der Waals surface area contributed by atoms with E-state index < -0.39 is 11.5 Å². The highest BCUT2D eigenvalue weighted by atomic mass is 16.5. The first kappa shape index (κ1) is 16.2. The number of alkyl carbamates (subject to hydrolysis) is 1. The van der Waals surface area contributed by atoms with E-state index in [2.05, 4.69) is 5.32 Å². The van der Waals surface area contributed by atoms with Gasteiger partial charge in [0.25, 0.3) is 0 Å². The lowest BCUT2D eigenvalue weighted by Gasteiger charge is -2.29. The predicted octanol–water partition coefficient (Wildman–Crippen LogP) is 3.66. The molecule has 0 aromatic heterocycles. The van der Waals surface area contributed by atoms with Crippen molar-refractivity contribution in [2.24, 2.45) is 5.92 Å². The minimum absolute atomic E-state index is 0.381. The Labute approximate surface area is 141 Å². The Bertz CT molecular complexity index is 669. The maximum absolute atomic E-state index is 12.9. The molecule has 0 unspecified atom stereocenters. The van der Waals surface area contributed by atoms with Crippen LogP contribution < -0.4 is 5.32 Å². The van der Waals surface area contributed by atoms with Crippen LogP contribution in [0.1, 0.15) is 30.9 Å². The molecule has 0 heterocycles. The van der Waals surface area contributed by atoms with Crippen molar-refractivity contribution in [3.63, 3.8) is 0 Å². The van der Waals surface area contributed by atoms with E-state index in [0.29, 0.717) is 12.5 Å². The number of rotatable bonds is 5. The molecule has 24 heavy (non-hydrogen) atoms. The Morgan fingerprint density at radius 3 is 1.96 bits per heavy atom. The summed E-state index contributed by atoms with van der Waals surface area (Å²) in [7, 11) is 0. The monoisotopic (exact) mass is 323 g/mol. The van der Waals surface area contributed by atoms with E-state index >= 15 is 0 Å². The summed E-state index contributed by atoms with van der Waals surface area (Å²) in [6.45, 7) is 2.20. The topological polar surface area (TPSA) is 55.4 Å². The molecule has 4 nitrogen and oxygen atoms in total. The smallest absolute Gasteiger partial charge is 0.413 e. The second-order valence-electron chi connectivity index (χ2n) is 6.35. The summed E-state index contributed by atoms with van der Waals surface area (Å²) in [5.41, 5.74) is 0.675. The number of nitrogens with one attached hydrogen (secondary N) is 1. The Morgan fingerprint density at radius 1 is 1.00 bits per heavy atom. The van der Waals surface area contributed by atoms with Crippen LogP contribution in [-0.2, 0) is 14.9 Å². The van der Waals surface area contributed by atoms with Crippen molar-refractivity contribution in [2.75, 3.05) is 6.61 Å². The molecule has 0 saturated heterocycles. The van der Waals surface area contributed by atoms with E-state index in [-0.39, 0.29) is 5.91 Å². The average Bonchev–Trinajstić information content (AvgIpc) is 3.45. The van der Waals surface area contributed by atoms with Gasteiger partial charge in [-0.05, 0) is 36.8 Å². The second kappa shape index (κ2) is 6.87. The SMILES string of the molecule is CC(C(=O)NC(=O)OCC1CC1)(c1ccccc1)c1ccccc1. The van der Waals surface area contributed by atoms with Crippen molar-refractivity contribution in [3.05, 3.63) is 71.8 Å². The molecule has 2 aromatic carbocycles. The first-order chi connectivity index (χ1) is 11.6. The van der Waals surface area contributed by atoms with Gasteiger partial charge in [0.05, 0.1) is 12.0 Å². The van der Waals surface area contributed by atoms with Crippen LogP contribution in [0.25, 0.3) is 0 Å². The van der Waals surface area contributed by atoms with Gasteiger partial charge in [-0.2, -0.15) is 0 Å². The van der Waals surface area contributed by atoms with Crippen LogP contribution >= 0.6 is 0 Å². The first-order valence-electron chi connectivity index (χ1n) is 8.20. The van der Waals surface area contributed by atoms with Crippen molar-refractivity contribution in [3.8, 4) is 0 Å². The van der Waals surface area contributed by atoms with Gasteiger partial charge >= 0.3 is 6.09 Å². The molecule has 0 bridgehead atoms. The number of amides is 2. The molecule has 0 aliphatic heterocycles. The van der Waals surface area contributed by atoms with E-state index in [1.165, 1.54) is 0 Å². The fourth-order valence-corrected chi connectivity index (χ4v) is 2.70. The van der Waals surface area contributed by atoms with Gasteiger partial charge in [-0.15, -0.1) is 0 Å². The van der Waals surface area contributed by atoms with Gasteiger partial charge in [0.1, 0.15) is 0 Å². The molecule has 1 aliphatic rings. The van der Waals surface area contributed by atoms with Crippen LogP contribution in [0.2, 0.25) is 0 Å². The van der Waals surface area contributed by atoms with Gasteiger partial charge in [0.15, 0.2) is 0 Å². The fourth-order valence-electron chi connectivity index (χ4n) is 2.70. The molecule has 2 amide bonds. The van der Waals surface area contributed by atoms with Gasteiger partial charge in [0, 0.05) is 0 Å². The first-order valence-corrected chi connectivity index (χ1v) is 8.20. The van der Waals surface area contributed by atoms with E-state index in [9.17, 15) is 9.59 Å². The third-order valence-corrected chi connectivity index (χ3v) is 4.52. The van der Waals surface area contributed by atoms with Crippen molar-refractivity contribution in [1.82, 2.24) is 5.32 Å². The molecule has 1 saturated carbocycles. The minimum Gasteiger partial charge on any atom is -0.449 e. The van der Waals surface area contributed by atoms with E-state index in [4.69, 9.17) is 4.74 Å². The summed E-state index contributed by atoms with van der Waals surface area (Å²) in [6, 6.07) is 18.9. The molecular weight excluding hydrogens is 302 g/mol. The Balaban J connectivity index is 1.84. The van der Waals surface area contributed by atoms with Crippen molar-refractivity contribution < 1.29 is 14.3 Å². The summed E-state index contributed by atoms with van der Waals surface area (Å²) in [4.78, 5) is 24.9. The zero-order chi connectivity index (χ0) is 17.0. The quantitative estimate of drug-likeness (QED) is 0.913. The average molecular weight is 323 g/mol. The normalized spacial score (nSPS) is 14.0. The third kappa shape index (κ3) is 3.48. The summed E-state index contributed by atoms with van der Waals surface area (Å²) in [5.74, 6) is 0.0705. The van der Waals surface area contributed by atoms with Crippen molar-refractivity contribution in [2.45, 2.75) is 25.2 Å². The lowest BCUT2D eigenvalue weighted by atomic mass is 9.75. The van der Waals surface area contributed by atoms with E-state index in [1.807, 2.05) is 67.6 Å². The summed E-state index contributed by atoms with van der Waals surface area (Å²) < 4.78 is 5.13.